The number of nitrogens with zero attached hydrogens (tertiary/aromatic N) is 2. The molecule has 0 spiro atoms. The molecule has 0 aromatic rings. The average Bonchev–Trinajstić information content (AvgIpc) is 2.37. The fourth-order valence-electron chi connectivity index (χ4n) is 1.79. The molecule has 0 bridgehead atoms. The van der Waals surface area contributed by atoms with Gasteiger partial charge in [0, 0.05) is 39.3 Å². The number of hydrogen-bond acceptors (Lipinski definition) is 6. The lowest BCUT2D eigenvalue weighted by Gasteiger charge is -2.31. The number of carbonyl (C=O) groups excluding carboxylic acids is 2. The SMILES string of the molecule is CC(C)(C)OC(=O)N(CCN)CCN(CCN)C(=O)OC(C)(C)C. The van der Waals surface area contributed by atoms with Crippen LogP contribution in [0, 0.1) is 0 Å². The van der Waals surface area contributed by atoms with Gasteiger partial charge in [0.1, 0.15) is 11.2 Å². The van der Waals surface area contributed by atoms with Gasteiger partial charge in [-0.05, 0) is 41.5 Å². The second kappa shape index (κ2) is 9.68. The standard InChI is InChI=1S/C16H34N4O4/c1-15(2,3)23-13(21)19(9-7-17)11-12-20(10-8-18)14(22)24-16(4,5)6/h7-12,17-18H2,1-6H3. The molecule has 8 heteroatoms. The molecule has 0 unspecified atom stereocenters. The summed E-state index contributed by atoms with van der Waals surface area (Å²) in [4.78, 5) is 27.4. The minimum atomic E-state index is -0.591. The summed E-state index contributed by atoms with van der Waals surface area (Å²) in [6, 6.07) is 0. The van der Waals surface area contributed by atoms with Crippen molar-refractivity contribution < 1.29 is 19.1 Å². The molecule has 0 fully saturated rings. The predicted octanol–water partition coefficient (Wildman–Crippen LogP) is 1.38. The summed E-state index contributed by atoms with van der Waals surface area (Å²) in [5.41, 5.74) is 9.95. The van der Waals surface area contributed by atoms with E-state index < -0.39 is 23.4 Å². The Balaban J connectivity index is 4.81. The van der Waals surface area contributed by atoms with Gasteiger partial charge in [0.25, 0.3) is 0 Å². The van der Waals surface area contributed by atoms with Crippen LogP contribution in [-0.4, -0.2) is 72.5 Å². The number of rotatable bonds is 7. The maximum absolute atomic E-state index is 12.2. The number of carbonyl (C=O) groups is 2. The van der Waals surface area contributed by atoms with Crippen LogP contribution in [0.1, 0.15) is 41.5 Å². The van der Waals surface area contributed by atoms with Crippen molar-refractivity contribution in [3.63, 3.8) is 0 Å². The largest absolute Gasteiger partial charge is 0.444 e. The molecule has 0 aliphatic heterocycles. The summed E-state index contributed by atoms with van der Waals surface area (Å²) in [5, 5.41) is 0. The van der Waals surface area contributed by atoms with Crippen LogP contribution in [0.4, 0.5) is 9.59 Å². The van der Waals surface area contributed by atoms with Gasteiger partial charge < -0.3 is 30.7 Å². The highest BCUT2D eigenvalue weighted by Crippen LogP contribution is 2.11. The van der Waals surface area contributed by atoms with Crippen LogP contribution in [0.5, 0.6) is 0 Å². The third-order valence-corrected chi connectivity index (χ3v) is 2.74. The number of hydrogen-bond donors (Lipinski definition) is 2. The van der Waals surface area contributed by atoms with E-state index in [4.69, 9.17) is 20.9 Å². The summed E-state index contributed by atoms with van der Waals surface area (Å²) >= 11 is 0. The van der Waals surface area contributed by atoms with Gasteiger partial charge in [-0.15, -0.1) is 0 Å². The second-order valence-electron chi connectivity index (χ2n) is 7.51. The Kier molecular flexibility index (Phi) is 9.06. The predicted molar refractivity (Wildman–Crippen MR) is 93.7 cm³/mol. The zero-order valence-corrected chi connectivity index (χ0v) is 15.9. The first kappa shape index (κ1) is 22.5. The van der Waals surface area contributed by atoms with Crippen molar-refractivity contribution in [1.29, 1.82) is 0 Å². The lowest BCUT2D eigenvalue weighted by molar-refractivity contribution is 0.0142. The van der Waals surface area contributed by atoms with Gasteiger partial charge in [-0.2, -0.15) is 0 Å². The van der Waals surface area contributed by atoms with E-state index in [9.17, 15) is 9.59 Å². The molecule has 0 aliphatic rings. The second-order valence-corrected chi connectivity index (χ2v) is 7.51. The van der Waals surface area contributed by atoms with Crippen LogP contribution in [0.15, 0.2) is 0 Å². The van der Waals surface area contributed by atoms with Gasteiger partial charge in [-0.3, -0.25) is 0 Å². The zero-order chi connectivity index (χ0) is 19.0. The van der Waals surface area contributed by atoms with Crippen molar-refractivity contribution in [2.45, 2.75) is 52.7 Å². The highest BCUT2D eigenvalue weighted by Gasteiger charge is 2.25. The van der Waals surface area contributed by atoms with Gasteiger partial charge >= 0.3 is 12.2 Å². The molecule has 0 atom stereocenters. The minimum absolute atomic E-state index is 0.297. The average molecular weight is 346 g/mol. The van der Waals surface area contributed by atoms with E-state index in [2.05, 4.69) is 0 Å². The molecule has 4 N–H and O–H groups in total. The first-order valence-corrected chi connectivity index (χ1v) is 8.25. The van der Waals surface area contributed by atoms with Crippen LogP contribution < -0.4 is 11.5 Å². The highest BCUT2D eigenvalue weighted by atomic mass is 16.6. The van der Waals surface area contributed by atoms with E-state index in [0.29, 0.717) is 39.3 Å². The third kappa shape index (κ3) is 10.3. The van der Waals surface area contributed by atoms with Crippen LogP contribution in [0.3, 0.4) is 0 Å². The minimum Gasteiger partial charge on any atom is -0.444 e. The smallest absolute Gasteiger partial charge is 0.410 e. The summed E-state index contributed by atoms with van der Waals surface area (Å²) < 4.78 is 10.7. The van der Waals surface area contributed by atoms with Crippen LogP contribution in [0.25, 0.3) is 0 Å². The topological polar surface area (TPSA) is 111 Å². The molecule has 0 heterocycles. The molecule has 8 nitrogen and oxygen atoms in total. The first-order valence-electron chi connectivity index (χ1n) is 8.25. The summed E-state index contributed by atoms with van der Waals surface area (Å²) in [5.74, 6) is 0. The Morgan fingerprint density at radius 2 is 1.00 bits per heavy atom. The summed E-state index contributed by atoms with van der Waals surface area (Å²) in [7, 11) is 0. The Hall–Kier alpha value is -1.54. The number of ether oxygens (including phenoxy) is 2. The quantitative estimate of drug-likeness (QED) is 0.720. The lowest BCUT2D eigenvalue weighted by Crippen LogP contribution is -2.46. The van der Waals surface area contributed by atoms with Crippen LogP contribution >= 0.6 is 0 Å². The first-order chi connectivity index (χ1) is 10.9. The van der Waals surface area contributed by atoms with Gasteiger partial charge in [-0.25, -0.2) is 9.59 Å². The monoisotopic (exact) mass is 346 g/mol. The van der Waals surface area contributed by atoms with Gasteiger partial charge in [0.15, 0.2) is 0 Å². The number of amides is 2. The molecular formula is C16H34N4O4. The van der Waals surface area contributed by atoms with E-state index in [0.717, 1.165) is 0 Å². The van der Waals surface area contributed by atoms with E-state index in [1.54, 1.807) is 41.5 Å². The fourth-order valence-corrected chi connectivity index (χ4v) is 1.79. The van der Waals surface area contributed by atoms with Crippen molar-refractivity contribution >= 4 is 12.2 Å². The zero-order valence-electron chi connectivity index (χ0n) is 15.9. The van der Waals surface area contributed by atoms with E-state index in [1.165, 1.54) is 9.80 Å². The Labute approximate surface area is 145 Å². The summed E-state index contributed by atoms with van der Waals surface area (Å²) in [6.45, 7) is 12.7. The number of nitrogens with two attached hydrogens (primary N) is 2. The van der Waals surface area contributed by atoms with Crippen molar-refractivity contribution in [3.05, 3.63) is 0 Å². The maximum atomic E-state index is 12.2. The molecule has 0 aromatic heterocycles. The highest BCUT2D eigenvalue weighted by molar-refractivity contribution is 5.69. The van der Waals surface area contributed by atoms with Crippen LogP contribution in [0.2, 0.25) is 0 Å². The van der Waals surface area contributed by atoms with Crippen molar-refractivity contribution in [2.24, 2.45) is 11.5 Å². The molecular weight excluding hydrogens is 312 g/mol. The summed E-state index contributed by atoms with van der Waals surface area (Å²) in [6.07, 6.45) is -0.908. The van der Waals surface area contributed by atoms with Gasteiger partial charge in [-0.1, -0.05) is 0 Å². The Bertz CT molecular complexity index is 364. The molecule has 0 radical (unpaired) electrons. The van der Waals surface area contributed by atoms with Crippen LogP contribution in [-0.2, 0) is 9.47 Å². The van der Waals surface area contributed by atoms with Crippen molar-refractivity contribution in [3.8, 4) is 0 Å². The molecule has 0 aliphatic carbocycles. The molecule has 24 heavy (non-hydrogen) atoms. The molecule has 142 valence electrons. The van der Waals surface area contributed by atoms with E-state index in [-0.39, 0.29) is 0 Å². The normalized spacial score (nSPS) is 11.8. The molecule has 0 aromatic carbocycles. The molecule has 0 saturated carbocycles. The maximum Gasteiger partial charge on any atom is 0.410 e. The molecule has 2 amide bonds. The lowest BCUT2D eigenvalue weighted by atomic mass is 10.2. The van der Waals surface area contributed by atoms with Gasteiger partial charge in [0.05, 0.1) is 0 Å². The molecule has 0 rings (SSSR count). The van der Waals surface area contributed by atoms with Crippen molar-refractivity contribution in [2.75, 3.05) is 39.3 Å². The van der Waals surface area contributed by atoms with Gasteiger partial charge in [0.2, 0.25) is 0 Å². The Morgan fingerprint density at radius 3 is 1.21 bits per heavy atom. The van der Waals surface area contributed by atoms with E-state index >= 15 is 0 Å². The Morgan fingerprint density at radius 1 is 0.708 bits per heavy atom. The fraction of sp³-hybridized carbons (Fsp3) is 0.875. The molecule has 0 saturated heterocycles. The van der Waals surface area contributed by atoms with Crippen molar-refractivity contribution in [1.82, 2.24) is 9.80 Å². The van der Waals surface area contributed by atoms with E-state index in [1.807, 2.05) is 0 Å². The third-order valence-electron chi connectivity index (χ3n) is 2.74.